The van der Waals surface area contributed by atoms with Gasteiger partial charge in [-0.15, -0.1) is 0 Å². The summed E-state index contributed by atoms with van der Waals surface area (Å²) in [4.78, 5) is 8.43. The van der Waals surface area contributed by atoms with E-state index in [-0.39, 0.29) is 5.02 Å². The van der Waals surface area contributed by atoms with Crippen LogP contribution in [-0.4, -0.2) is 14.5 Å². The van der Waals surface area contributed by atoms with E-state index in [1.165, 1.54) is 12.1 Å². The van der Waals surface area contributed by atoms with Crippen molar-refractivity contribution in [2.45, 2.75) is 13.5 Å². The second kappa shape index (κ2) is 4.76. The zero-order valence-electron chi connectivity index (χ0n) is 10.8. The highest BCUT2D eigenvalue weighted by atomic mass is 35.5. The van der Waals surface area contributed by atoms with Crippen LogP contribution in [0.2, 0.25) is 5.02 Å². The number of rotatable bonds is 2. The average Bonchev–Trinajstić information content (AvgIpc) is 2.69. The minimum atomic E-state index is -0.484. The molecule has 20 heavy (non-hydrogen) atoms. The molecule has 0 saturated carbocycles. The van der Waals surface area contributed by atoms with Crippen LogP contribution in [0, 0.1) is 12.7 Å². The minimum absolute atomic E-state index is 0.0409. The van der Waals surface area contributed by atoms with Crippen molar-refractivity contribution in [1.29, 1.82) is 0 Å². The monoisotopic (exact) mass is 290 g/mol. The highest BCUT2D eigenvalue weighted by molar-refractivity contribution is 6.31. The number of nitrogen functional groups attached to an aromatic ring is 1. The van der Waals surface area contributed by atoms with Crippen molar-refractivity contribution >= 4 is 28.6 Å². The van der Waals surface area contributed by atoms with Crippen LogP contribution in [-0.2, 0) is 6.54 Å². The van der Waals surface area contributed by atoms with Crippen molar-refractivity contribution in [3.8, 4) is 0 Å². The maximum atomic E-state index is 13.6. The first-order valence-corrected chi connectivity index (χ1v) is 6.44. The van der Waals surface area contributed by atoms with Crippen LogP contribution in [0.25, 0.3) is 11.0 Å². The summed E-state index contributed by atoms with van der Waals surface area (Å²) in [6.45, 7) is 2.40. The lowest BCUT2D eigenvalue weighted by atomic mass is 10.2. The number of aryl methyl sites for hydroxylation is 1. The van der Waals surface area contributed by atoms with E-state index in [0.717, 1.165) is 11.3 Å². The van der Waals surface area contributed by atoms with Gasteiger partial charge in [0.05, 0.1) is 22.6 Å². The Balaban J connectivity index is 2.08. The number of halogens is 2. The number of imidazole rings is 1. The molecule has 3 rings (SSSR count). The molecule has 2 aromatic heterocycles. The zero-order valence-corrected chi connectivity index (χ0v) is 11.5. The van der Waals surface area contributed by atoms with Gasteiger partial charge in [0.2, 0.25) is 5.95 Å². The first-order valence-electron chi connectivity index (χ1n) is 6.07. The van der Waals surface area contributed by atoms with Crippen molar-refractivity contribution in [3.05, 3.63) is 52.6 Å². The Bertz CT molecular complexity index is 780. The van der Waals surface area contributed by atoms with Crippen LogP contribution in [0.4, 0.5) is 10.3 Å². The Labute approximate surface area is 120 Å². The second-order valence-electron chi connectivity index (χ2n) is 4.62. The van der Waals surface area contributed by atoms with Gasteiger partial charge in [-0.1, -0.05) is 17.7 Å². The molecule has 0 aliphatic carbocycles. The van der Waals surface area contributed by atoms with Gasteiger partial charge in [-0.25, -0.2) is 9.37 Å². The molecule has 0 atom stereocenters. The molecule has 0 fully saturated rings. The lowest BCUT2D eigenvalue weighted by molar-refractivity contribution is 0.629. The van der Waals surface area contributed by atoms with E-state index >= 15 is 0 Å². The molecule has 6 heteroatoms. The number of fused-ring (bicyclic) bond motifs is 1. The summed E-state index contributed by atoms with van der Waals surface area (Å²) in [5.41, 5.74) is 9.00. The normalized spacial score (nSPS) is 11.2. The number of hydrogen-bond donors (Lipinski definition) is 1. The maximum absolute atomic E-state index is 13.6. The minimum Gasteiger partial charge on any atom is -0.369 e. The zero-order chi connectivity index (χ0) is 14.3. The molecule has 0 saturated heterocycles. The molecule has 0 unspecified atom stereocenters. The van der Waals surface area contributed by atoms with E-state index in [9.17, 15) is 4.39 Å². The quantitative estimate of drug-likeness (QED) is 0.789. The van der Waals surface area contributed by atoms with Gasteiger partial charge < -0.3 is 10.3 Å². The number of anilines is 1. The highest BCUT2D eigenvalue weighted by Crippen LogP contribution is 2.25. The van der Waals surface area contributed by atoms with Gasteiger partial charge in [-0.3, -0.25) is 4.98 Å². The second-order valence-corrected chi connectivity index (χ2v) is 5.03. The molecule has 0 spiro atoms. The molecular weight excluding hydrogens is 279 g/mol. The summed E-state index contributed by atoms with van der Waals surface area (Å²) in [6.07, 6.45) is 1.77. The summed E-state index contributed by atoms with van der Waals surface area (Å²) < 4.78 is 15.3. The summed E-state index contributed by atoms with van der Waals surface area (Å²) in [5.74, 6) is -0.162. The molecule has 102 valence electrons. The first kappa shape index (κ1) is 12.9. The lowest BCUT2D eigenvalue weighted by Gasteiger charge is -2.07. The summed E-state index contributed by atoms with van der Waals surface area (Å²) in [5, 5.41) is 0.0409. The van der Waals surface area contributed by atoms with Crippen molar-refractivity contribution in [1.82, 2.24) is 14.5 Å². The Hall–Kier alpha value is -2.14. The molecule has 0 aliphatic heterocycles. The van der Waals surface area contributed by atoms with E-state index < -0.39 is 5.82 Å². The van der Waals surface area contributed by atoms with Crippen LogP contribution < -0.4 is 5.73 Å². The van der Waals surface area contributed by atoms with Crippen LogP contribution in [0.1, 0.15) is 11.3 Å². The van der Waals surface area contributed by atoms with E-state index in [0.29, 0.717) is 23.5 Å². The van der Waals surface area contributed by atoms with Crippen molar-refractivity contribution in [2.24, 2.45) is 0 Å². The smallest absolute Gasteiger partial charge is 0.201 e. The standard InChI is InChI=1S/C14H12ClFN4/c1-8-2-3-9(6-18-8)7-20-13-5-11(16)10(15)4-12(13)19-14(20)17/h2-6H,7H2,1H3,(H2,17,19). The fraction of sp³-hybridized carbons (Fsp3) is 0.143. The molecular formula is C14H12ClFN4. The number of hydrogen-bond acceptors (Lipinski definition) is 3. The lowest BCUT2D eigenvalue weighted by Crippen LogP contribution is -2.05. The van der Waals surface area contributed by atoms with E-state index in [4.69, 9.17) is 17.3 Å². The highest BCUT2D eigenvalue weighted by Gasteiger charge is 2.12. The topological polar surface area (TPSA) is 56.7 Å². The molecule has 2 N–H and O–H groups in total. The number of pyridine rings is 1. The van der Waals surface area contributed by atoms with Crippen LogP contribution in [0.3, 0.4) is 0 Å². The summed E-state index contributed by atoms with van der Waals surface area (Å²) in [7, 11) is 0. The van der Waals surface area contributed by atoms with E-state index in [2.05, 4.69) is 9.97 Å². The third-order valence-electron chi connectivity index (χ3n) is 3.13. The van der Waals surface area contributed by atoms with Crippen molar-refractivity contribution < 1.29 is 4.39 Å². The third kappa shape index (κ3) is 2.20. The molecule has 0 bridgehead atoms. The summed E-state index contributed by atoms with van der Waals surface area (Å²) >= 11 is 5.75. The van der Waals surface area contributed by atoms with Gasteiger partial charge in [0.1, 0.15) is 5.82 Å². The Kier molecular flexibility index (Phi) is 3.06. The van der Waals surface area contributed by atoms with Crippen LogP contribution >= 0.6 is 11.6 Å². The van der Waals surface area contributed by atoms with Crippen molar-refractivity contribution in [2.75, 3.05) is 5.73 Å². The fourth-order valence-corrected chi connectivity index (χ4v) is 2.24. The van der Waals surface area contributed by atoms with E-state index in [1.807, 2.05) is 19.1 Å². The Morgan fingerprint density at radius 2 is 2.15 bits per heavy atom. The SMILES string of the molecule is Cc1ccc(Cn2c(N)nc3cc(Cl)c(F)cc32)cn1. The predicted molar refractivity (Wildman–Crippen MR) is 77.2 cm³/mol. The Morgan fingerprint density at radius 3 is 2.85 bits per heavy atom. The molecule has 0 radical (unpaired) electrons. The maximum Gasteiger partial charge on any atom is 0.201 e. The van der Waals surface area contributed by atoms with Crippen LogP contribution in [0.5, 0.6) is 0 Å². The number of aromatic nitrogens is 3. The fourth-order valence-electron chi connectivity index (χ4n) is 2.08. The van der Waals surface area contributed by atoms with Crippen LogP contribution in [0.15, 0.2) is 30.5 Å². The first-order chi connectivity index (χ1) is 9.54. The van der Waals surface area contributed by atoms with Gasteiger partial charge >= 0.3 is 0 Å². The average molecular weight is 291 g/mol. The molecule has 2 heterocycles. The number of nitrogens with zero attached hydrogens (tertiary/aromatic N) is 3. The number of nitrogens with two attached hydrogens (primary N) is 1. The van der Waals surface area contributed by atoms with Gasteiger partial charge in [-0.05, 0) is 24.6 Å². The molecule has 3 aromatic rings. The molecule has 0 amide bonds. The van der Waals surface area contributed by atoms with Gasteiger partial charge in [0.25, 0.3) is 0 Å². The molecule has 0 aliphatic rings. The van der Waals surface area contributed by atoms with Gasteiger partial charge in [0, 0.05) is 18.0 Å². The molecule has 1 aromatic carbocycles. The predicted octanol–water partition coefficient (Wildman–Crippen LogP) is 3.16. The Morgan fingerprint density at radius 1 is 1.35 bits per heavy atom. The van der Waals surface area contributed by atoms with Crippen molar-refractivity contribution in [3.63, 3.8) is 0 Å². The van der Waals surface area contributed by atoms with Gasteiger partial charge in [0.15, 0.2) is 0 Å². The molecule has 4 nitrogen and oxygen atoms in total. The summed E-state index contributed by atoms with van der Waals surface area (Å²) in [6, 6.07) is 6.71. The van der Waals surface area contributed by atoms with E-state index in [1.54, 1.807) is 10.8 Å². The largest absolute Gasteiger partial charge is 0.369 e. The van der Waals surface area contributed by atoms with Gasteiger partial charge in [-0.2, -0.15) is 0 Å². The third-order valence-corrected chi connectivity index (χ3v) is 3.42. The number of benzene rings is 1.